The fourth-order valence-corrected chi connectivity index (χ4v) is 3.27. The molecule has 0 spiro atoms. The number of carbonyl (C=O) groups is 4. The number of amides is 3. The molecule has 0 aliphatic heterocycles. The van der Waals surface area contributed by atoms with E-state index >= 15 is 0 Å². The average Bonchev–Trinajstić information content (AvgIpc) is 2.79. The lowest BCUT2D eigenvalue weighted by Gasteiger charge is -2.28. The molecule has 1 aromatic rings. The van der Waals surface area contributed by atoms with E-state index in [-0.39, 0.29) is 24.0 Å². The number of phenols is 1. The molecule has 1 rings (SSSR count). The molecule has 35 heavy (non-hydrogen) atoms. The zero-order valence-corrected chi connectivity index (χ0v) is 20.8. The molecule has 6 unspecified atom stereocenters. The van der Waals surface area contributed by atoms with Gasteiger partial charge in [-0.15, -0.1) is 0 Å². The number of benzene rings is 1. The summed E-state index contributed by atoms with van der Waals surface area (Å²) >= 11 is 0. The van der Waals surface area contributed by atoms with Crippen molar-refractivity contribution in [1.29, 1.82) is 0 Å². The highest BCUT2D eigenvalue weighted by Crippen LogP contribution is 2.12. The molecule has 0 aromatic heterocycles. The fraction of sp³-hybridized carbons (Fsp3) is 0.583. The Balaban J connectivity index is 2.96. The second-order valence-electron chi connectivity index (χ2n) is 9.14. The molecule has 0 radical (unpaired) electrons. The molecule has 11 heteroatoms. The lowest BCUT2D eigenvalue weighted by atomic mass is 9.97. The van der Waals surface area contributed by atoms with Crippen LogP contribution in [0.5, 0.6) is 5.75 Å². The molecular formula is C24H38N4O7. The van der Waals surface area contributed by atoms with Crippen LogP contribution in [0.1, 0.15) is 46.6 Å². The smallest absolute Gasteiger partial charge is 0.326 e. The Morgan fingerprint density at radius 3 is 1.86 bits per heavy atom. The molecule has 0 fully saturated rings. The van der Waals surface area contributed by atoms with Gasteiger partial charge in [-0.3, -0.25) is 14.4 Å². The van der Waals surface area contributed by atoms with Crippen LogP contribution in [0.4, 0.5) is 0 Å². The van der Waals surface area contributed by atoms with Gasteiger partial charge in [0.05, 0.1) is 12.1 Å². The van der Waals surface area contributed by atoms with Gasteiger partial charge in [-0.25, -0.2) is 4.79 Å². The number of aliphatic hydroxyl groups excluding tert-OH is 1. The Labute approximate surface area is 205 Å². The summed E-state index contributed by atoms with van der Waals surface area (Å²) in [6.07, 6.45) is -0.764. The molecule has 196 valence electrons. The lowest BCUT2D eigenvalue weighted by molar-refractivity contribution is -0.143. The Hall–Kier alpha value is -3.18. The van der Waals surface area contributed by atoms with Crippen LogP contribution in [0.2, 0.25) is 0 Å². The monoisotopic (exact) mass is 494 g/mol. The molecular weight excluding hydrogens is 456 g/mol. The van der Waals surface area contributed by atoms with Crippen LogP contribution in [-0.2, 0) is 25.6 Å². The van der Waals surface area contributed by atoms with Crippen molar-refractivity contribution in [3.05, 3.63) is 29.8 Å². The van der Waals surface area contributed by atoms with E-state index in [4.69, 9.17) is 5.73 Å². The summed E-state index contributed by atoms with van der Waals surface area (Å²) < 4.78 is 0. The molecule has 0 saturated carbocycles. The quantitative estimate of drug-likeness (QED) is 0.197. The fourth-order valence-electron chi connectivity index (χ4n) is 3.27. The molecule has 0 aliphatic carbocycles. The number of aliphatic carboxylic acids is 1. The van der Waals surface area contributed by atoms with E-state index in [1.54, 1.807) is 13.8 Å². The second kappa shape index (κ2) is 13.6. The van der Waals surface area contributed by atoms with Crippen LogP contribution >= 0.6 is 0 Å². The van der Waals surface area contributed by atoms with Crippen LogP contribution in [0, 0.1) is 11.8 Å². The van der Waals surface area contributed by atoms with Crippen LogP contribution in [0.3, 0.4) is 0 Å². The molecule has 11 nitrogen and oxygen atoms in total. The first-order valence-corrected chi connectivity index (χ1v) is 11.6. The number of carboxylic acid groups (broad SMARTS) is 1. The van der Waals surface area contributed by atoms with Crippen molar-refractivity contribution >= 4 is 23.7 Å². The van der Waals surface area contributed by atoms with Gasteiger partial charge in [0.2, 0.25) is 17.7 Å². The van der Waals surface area contributed by atoms with Gasteiger partial charge in [-0.1, -0.05) is 46.2 Å². The maximum Gasteiger partial charge on any atom is 0.326 e. The van der Waals surface area contributed by atoms with E-state index in [0.717, 1.165) is 0 Å². The summed E-state index contributed by atoms with van der Waals surface area (Å²) in [5.74, 6) is -3.88. The lowest BCUT2D eigenvalue weighted by Crippen LogP contribution is -2.61. The van der Waals surface area contributed by atoms with Crippen molar-refractivity contribution in [1.82, 2.24) is 16.0 Å². The number of rotatable bonds is 13. The van der Waals surface area contributed by atoms with Crippen molar-refractivity contribution < 1.29 is 34.5 Å². The summed E-state index contributed by atoms with van der Waals surface area (Å²) in [6, 6.07) is 1.16. The van der Waals surface area contributed by atoms with Gasteiger partial charge < -0.3 is 37.0 Å². The number of nitrogens with one attached hydrogen (secondary N) is 3. The number of hydrogen-bond donors (Lipinski definition) is 7. The van der Waals surface area contributed by atoms with Crippen LogP contribution < -0.4 is 21.7 Å². The van der Waals surface area contributed by atoms with E-state index in [1.807, 2.05) is 13.8 Å². The predicted octanol–water partition coefficient (Wildman–Crippen LogP) is -0.116. The van der Waals surface area contributed by atoms with E-state index < -0.39 is 54.0 Å². The van der Waals surface area contributed by atoms with Gasteiger partial charge in [-0.2, -0.15) is 0 Å². The minimum atomic E-state index is -1.47. The maximum absolute atomic E-state index is 12.9. The number of carboxylic acids is 1. The molecule has 6 atom stereocenters. The second-order valence-corrected chi connectivity index (χ2v) is 9.14. The van der Waals surface area contributed by atoms with Crippen LogP contribution in [-0.4, -0.2) is 69.3 Å². The largest absolute Gasteiger partial charge is 0.508 e. The summed E-state index contributed by atoms with van der Waals surface area (Å²) in [5.41, 5.74) is 6.50. The first-order valence-electron chi connectivity index (χ1n) is 11.6. The summed E-state index contributed by atoms with van der Waals surface area (Å²) in [5, 5.41) is 36.4. The van der Waals surface area contributed by atoms with Gasteiger partial charge in [0.15, 0.2) is 0 Å². The SMILES string of the molecule is CCC(C)C(N)C(=O)NC(C(=O)NC(C(=O)NC(Cc1ccc(O)cc1)C(=O)O)C(C)O)C(C)C. The van der Waals surface area contributed by atoms with Crippen molar-refractivity contribution in [2.24, 2.45) is 17.6 Å². The number of hydrogen-bond acceptors (Lipinski definition) is 7. The van der Waals surface area contributed by atoms with Crippen molar-refractivity contribution in [2.45, 2.75) is 77.7 Å². The number of carbonyl (C=O) groups excluding carboxylic acids is 3. The summed E-state index contributed by atoms with van der Waals surface area (Å²) in [6.45, 7) is 8.40. The molecule has 3 amide bonds. The van der Waals surface area contributed by atoms with E-state index in [9.17, 15) is 34.5 Å². The third-order valence-corrected chi connectivity index (χ3v) is 5.86. The van der Waals surface area contributed by atoms with Gasteiger partial charge in [0, 0.05) is 6.42 Å². The first kappa shape index (κ1) is 29.9. The van der Waals surface area contributed by atoms with Crippen LogP contribution in [0.25, 0.3) is 0 Å². The highest BCUT2D eigenvalue weighted by atomic mass is 16.4. The molecule has 0 saturated heterocycles. The number of aliphatic hydroxyl groups is 1. The van der Waals surface area contributed by atoms with Gasteiger partial charge in [0.25, 0.3) is 0 Å². The van der Waals surface area contributed by atoms with Crippen molar-refractivity contribution in [3.63, 3.8) is 0 Å². The highest BCUT2D eigenvalue weighted by molar-refractivity contribution is 5.94. The Morgan fingerprint density at radius 2 is 1.40 bits per heavy atom. The minimum Gasteiger partial charge on any atom is -0.508 e. The normalized spacial score (nSPS) is 16.3. The van der Waals surface area contributed by atoms with Crippen LogP contribution in [0.15, 0.2) is 24.3 Å². The number of phenolic OH excluding ortho intramolecular Hbond substituents is 1. The molecule has 0 aliphatic rings. The standard InChI is InChI=1S/C24H38N4O7/c1-6-13(4)18(25)21(31)27-19(12(2)3)22(32)28-20(14(5)29)23(33)26-17(24(34)35)11-15-7-9-16(30)10-8-15/h7-10,12-14,17-20,29-30H,6,11,25H2,1-5H3,(H,26,33)(H,27,31)(H,28,32)(H,34,35). The number of nitrogens with two attached hydrogens (primary N) is 1. The van der Waals surface area contributed by atoms with Gasteiger partial charge in [-0.05, 0) is 36.5 Å². The maximum atomic E-state index is 12.9. The highest BCUT2D eigenvalue weighted by Gasteiger charge is 2.34. The Kier molecular flexibility index (Phi) is 11.6. The zero-order chi connectivity index (χ0) is 26.9. The zero-order valence-electron chi connectivity index (χ0n) is 20.8. The molecule has 0 bridgehead atoms. The van der Waals surface area contributed by atoms with E-state index in [1.165, 1.54) is 31.2 Å². The van der Waals surface area contributed by atoms with E-state index in [0.29, 0.717) is 12.0 Å². The topological polar surface area (TPSA) is 191 Å². The first-order chi connectivity index (χ1) is 16.3. The molecule has 1 aromatic carbocycles. The van der Waals surface area contributed by atoms with Gasteiger partial charge >= 0.3 is 5.97 Å². The Bertz CT molecular complexity index is 873. The van der Waals surface area contributed by atoms with Crippen molar-refractivity contribution in [3.8, 4) is 5.75 Å². The Morgan fingerprint density at radius 1 is 0.886 bits per heavy atom. The van der Waals surface area contributed by atoms with Crippen molar-refractivity contribution in [2.75, 3.05) is 0 Å². The third kappa shape index (κ3) is 9.18. The predicted molar refractivity (Wildman–Crippen MR) is 129 cm³/mol. The summed E-state index contributed by atoms with van der Waals surface area (Å²) in [7, 11) is 0. The van der Waals surface area contributed by atoms with E-state index in [2.05, 4.69) is 16.0 Å². The third-order valence-electron chi connectivity index (χ3n) is 5.86. The summed E-state index contributed by atoms with van der Waals surface area (Å²) in [4.78, 5) is 50.0. The van der Waals surface area contributed by atoms with Gasteiger partial charge in [0.1, 0.15) is 23.9 Å². The minimum absolute atomic E-state index is 0.0125. The number of aromatic hydroxyl groups is 1. The average molecular weight is 495 g/mol. The molecule has 0 heterocycles. The molecule has 8 N–H and O–H groups in total.